The van der Waals surface area contributed by atoms with Crippen LogP contribution in [0.25, 0.3) is 0 Å². The van der Waals surface area contributed by atoms with Crippen molar-refractivity contribution >= 4 is 7.82 Å². The molecule has 1 aliphatic rings. The predicted molar refractivity (Wildman–Crippen MR) is 71.8 cm³/mol. The van der Waals surface area contributed by atoms with Gasteiger partial charge in [0, 0.05) is 23.7 Å². The largest absolute Gasteiger partial charge is 0.469 e. The minimum absolute atomic E-state index is 0.251. The average Bonchev–Trinajstić information content (AvgIpc) is 2.72. The Bertz CT molecular complexity index is 676. The van der Waals surface area contributed by atoms with Crippen molar-refractivity contribution in [2.45, 2.75) is 31.9 Å². The third-order valence-electron chi connectivity index (χ3n) is 3.63. The van der Waals surface area contributed by atoms with Crippen LogP contribution in [0.2, 0.25) is 0 Å². The van der Waals surface area contributed by atoms with E-state index in [2.05, 4.69) is 9.51 Å². The molecular weight excluding hydrogens is 303 g/mol. The molecule has 3 atom stereocenters. The van der Waals surface area contributed by atoms with Gasteiger partial charge in [0.2, 0.25) is 0 Å². The molecule has 9 nitrogen and oxygen atoms in total. The van der Waals surface area contributed by atoms with Crippen molar-refractivity contribution in [3.63, 3.8) is 0 Å². The number of aromatic amines is 1. The molecule has 1 saturated carbocycles. The summed E-state index contributed by atoms with van der Waals surface area (Å²) >= 11 is 0. The number of H-pyrrole nitrogens is 1. The van der Waals surface area contributed by atoms with E-state index in [1.165, 1.54) is 10.8 Å². The number of phosphoric ester groups is 1. The third-order valence-corrected chi connectivity index (χ3v) is 4.11. The Hall–Kier alpha value is -1.25. The van der Waals surface area contributed by atoms with Crippen LogP contribution in [-0.4, -0.2) is 37.2 Å². The predicted octanol–water partition coefficient (Wildman–Crippen LogP) is -0.734. The van der Waals surface area contributed by atoms with Crippen molar-refractivity contribution in [1.82, 2.24) is 9.55 Å². The molecule has 0 saturated heterocycles. The number of hydrogen-bond acceptors (Lipinski definition) is 5. The first-order valence-electron chi connectivity index (χ1n) is 6.37. The van der Waals surface area contributed by atoms with Gasteiger partial charge >= 0.3 is 13.5 Å². The van der Waals surface area contributed by atoms with E-state index in [9.17, 15) is 19.3 Å². The van der Waals surface area contributed by atoms with Gasteiger partial charge in [0.05, 0.1) is 12.7 Å². The van der Waals surface area contributed by atoms with Gasteiger partial charge in [-0.05, 0) is 19.8 Å². The van der Waals surface area contributed by atoms with E-state index in [-0.39, 0.29) is 19.1 Å². The maximum Gasteiger partial charge on any atom is 0.469 e. The lowest BCUT2D eigenvalue weighted by Gasteiger charge is -2.15. The van der Waals surface area contributed by atoms with E-state index in [0.29, 0.717) is 12.0 Å². The van der Waals surface area contributed by atoms with Crippen LogP contribution in [0.1, 0.15) is 24.4 Å². The topological polar surface area (TPSA) is 142 Å². The molecule has 0 bridgehead atoms. The van der Waals surface area contributed by atoms with Crippen molar-refractivity contribution in [3.8, 4) is 0 Å². The molecule has 1 heterocycles. The minimum atomic E-state index is -4.59. The molecule has 1 aromatic rings. The summed E-state index contributed by atoms with van der Waals surface area (Å²) in [6.45, 7) is 1.27. The second kappa shape index (κ2) is 5.86. The Morgan fingerprint density at radius 2 is 2.10 bits per heavy atom. The molecule has 0 radical (unpaired) electrons. The van der Waals surface area contributed by atoms with Crippen LogP contribution in [0.15, 0.2) is 15.8 Å². The molecule has 1 aliphatic carbocycles. The van der Waals surface area contributed by atoms with Gasteiger partial charge in [0.15, 0.2) is 0 Å². The number of nitrogens with one attached hydrogen (secondary N) is 1. The number of aliphatic hydroxyl groups excluding tert-OH is 1. The molecule has 0 aromatic carbocycles. The summed E-state index contributed by atoms with van der Waals surface area (Å²) < 4.78 is 16.4. The zero-order chi connectivity index (χ0) is 15.8. The van der Waals surface area contributed by atoms with Crippen molar-refractivity contribution in [3.05, 3.63) is 32.6 Å². The summed E-state index contributed by atoms with van der Waals surface area (Å²) in [5.41, 5.74) is -0.658. The first-order chi connectivity index (χ1) is 9.67. The maximum atomic E-state index is 11.8. The summed E-state index contributed by atoms with van der Waals surface area (Å²) in [7, 11) is -4.59. The van der Waals surface area contributed by atoms with Gasteiger partial charge in [-0.25, -0.2) is 9.36 Å². The number of phosphoric acid groups is 1. The number of hydrogen-bond donors (Lipinski definition) is 4. The quantitative estimate of drug-likeness (QED) is 0.535. The van der Waals surface area contributed by atoms with Crippen LogP contribution in [0.4, 0.5) is 0 Å². The van der Waals surface area contributed by atoms with Gasteiger partial charge in [0.25, 0.3) is 5.56 Å². The molecule has 10 heteroatoms. The summed E-state index contributed by atoms with van der Waals surface area (Å²) in [5, 5.41) is 9.91. The monoisotopic (exact) mass is 320 g/mol. The Balaban J connectivity index is 2.14. The first-order valence-corrected chi connectivity index (χ1v) is 7.90. The molecular formula is C11H17N2O7P. The van der Waals surface area contributed by atoms with E-state index in [1.807, 2.05) is 0 Å². The average molecular weight is 320 g/mol. The van der Waals surface area contributed by atoms with Crippen molar-refractivity contribution in [2.75, 3.05) is 6.61 Å². The number of aliphatic hydroxyl groups is 1. The van der Waals surface area contributed by atoms with Gasteiger partial charge < -0.3 is 14.9 Å². The highest BCUT2D eigenvalue weighted by atomic mass is 31.2. The molecule has 2 rings (SSSR count). The third kappa shape index (κ3) is 3.90. The van der Waals surface area contributed by atoms with Crippen molar-refractivity contribution in [1.29, 1.82) is 0 Å². The lowest BCUT2D eigenvalue weighted by molar-refractivity contribution is 0.0843. The number of aromatic nitrogens is 2. The SMILES string of the molecule is Cc1cn([C@H]2C[C@H](COP(=O)(O)O)[C@@H](O)C2)c(=O)[nH]c1=O. The van der Waals surface area contributed by atoms with E-state index >= 15 is 0 Å². The fourth-order valence-electron chi connectivity index (χ4n) is 2.53. The summed E-state index contributed by atoms with van der Waals surface area (Å²) in [6.07, 6.45) is 1.17. The van der Waals surface area contributed by atoms with Crippen LogP contribution < -0.4 is 11.2 Å². The smallest absolute Gasteiger partial charge is 0.393 e. The van der Waals surface area contributed by atoms with Gasteiger partial charge in [0.1, 0.15) is 0 Å². The Morgan fingerprint density at radius 3 is 2.71 bits per heavy atom. The zero-order valence-corrected chi connectivity index (χ0v) is 12.2. The second-order valence-corrected chi connectivity index (χ2v) is 6.46. The van der Waals surface area contributed by atoms with Gasteiger partial charge in [-0.15, -0.1) is 0 Å². The van der Waals surface area contributed by atoms with Crippen molar-refractivity contribution < 1.29 is 24.0 Å². The normalized spacial score (nSPS) is 26.2. The fraction of sp³-hybridized carbons (Fsp3) is 0.636. The Labute approximate surface area is 119 Å². The zero-order valence-electron chi connectivity index (χ0n) is 11.3. The molecule has 0 unspecified atom stereocenters. The molecule has 1 fully saturated rings. The van der Waals surface area contributed by atoms with Gasteiger partial charge in [-0.3, -0.25) is 18.9 Å². The summed E-state index contributed by atoms with van der Waals surface area (Å²) in [6, 6.07) is -0.353. The number of rotatable bonds is 4. The van der Waals surface area contributed by atoms with Gasteiger partial charge in [-0.1, -0.05) is 0 Å². The number of aryl methyl sites for hydroxylation is 1. The highest BCUT2D eigenvalue weighted by molar-refractivity contribution is 7.46. The first kappa shape index (κ1) is 16.1. The highest BCUT2D eigenvalue weighted by Crippen LogP contribution is 2.40. The van der Waals surface area contributed by atoms with Crippen LogP contribution in [0.3, 0.4) is 0 Å². The molecule has 0 spiro atoms. The molecule has 0 aliphatic heterocycles. The second-order valence-electron chi connectivity index (χ2n) is 5.22. The molecule has 4 N–H and O–H groups in total. The van der Waals surface area contributed by atoms with E-state index in [4.69, 9.17) is 9.79 Å². The molecule has 1 aromatic heterocycles. The Kier molecular flexibility index (Phi) is 4.50. The van der Waals surface area contributed by atoms with Crippen LogP contribution in [0, 0.1) is 12.8 Å². The number of nitrogens with zero attached hydrogens (tertiary/aromatic N) is 1. The van der Waals surface area contributed by atoms with E-state index < -0.39 is 31.1 Å². The fourth-order valence-corrected chi connectivity index (χ4v) is 2.92. The van der Waals surface area contributed by atoms with Gasteiger partial charge in [-0.2, -0.15) is 0 Å². The van der Waals surface area contributed by atoms with Crippen LogP contribution >= 0.6 is 7.82 Å². The lowest BCUT2D eigenvalue weighted by Crippen LogP contribution is -2.32. The Morgan fingerprint density at radius 1 is 1.43 bits per heavy atom. The van der Waals surface area contributed by atoms with E-state index in [1.54, 1.807) is 6.92 Å². The molecule has 21 heavy (non-hydrogen) atoms. The van der Waals surface area contributed by atoms with Crippen LogP contribution in [0.5, 0.6) is 0 Å². The van der Waals surface area contributed by atoms with E-state index in [0.717, 1.165) is 0 Å². The van der Waals surface area contributed by atoms with Crippen LogP contribution in [-0.2, 0) is 9.09 Å². The molecule has 118 valence electrons. The minimum Gasteiger partial charge on any atom is -0.393 e. The molecule has 0 amide bonds. The maximum absolute atomic E-state index is 11.8. The lowest BCUT2D eigenvalue weighted by atomic mass is 10.1. The summed E-state index contributed by atoms with van der Waals surface area (Å²) in [5.74, 6) is -0.484. The standard InChI is InChI=1S/C11H17N2O7P/c1-6-4-13(11(16)12-10(6)15)8-2-7(9(14)3-8)5-20-21(17,18)19/h4,7-9,14H,2-3,5H2,1H3,(H,12,15,16)(H2,17,18,19)/t7-,8+,9+/m1/s1. The van der Waals surface area contributed by atoms with Crippen molar-refractivity contribution in [2.24, 2.45) is 5.92 Å². The summed E-state index contributed by atoms with van der Waals surface area (Å²) in [4.78, 5) is 42.6. The highest BCUT2D eigenvalue weighted by Gasteiger charge is 2.36.